The third-order valence-corrected chi connectivity index (χ3v) is 3.94. The number of amides is 1. The second-order valence-electron chi connectivity index (χ2n) is 4.77. The van der Waals surface area contributed by atoms with Crippen molar-refractivity contribution in [1.82, 2.24) is 5.06 Å². The zero-order valence-electron chi connectivity index (χ0n) is 8.45. The minimum absolute atomic E-state index is 0.277. The average Bonchev–Trinajstić information content (AvgIpc) is 2.70. The molecule has 0 aromatic rings. The maximum absolute atomic E-state index is 12.0. The summed E-state index contributed by atoms with van der Waals surface area (Å²) in [5.74, 6) is 2.02. The van der Waals surface area contributed by atoms with Crippen molar-refractivity contribution < 1.29 is 9.63 Å². The molecule has 14 heavy (non-hydrogen) atoms. The van der Waals surface area contributed by atoms with E-state index < -0.39 is 0 Å². The molecule has 0 aromatic carbocycles. The van der Waals surface area contributed by atoms with Crippen LogP contribution in [0.25, 0.3) is 0 Å². The van der Waals surface area contributed by atoms with Gasteiger partial charge in [-0.2, -0.15) is 0 Å². The first-order chi connectivity index (χ1) is 6.88. The van der Waals surface area contributed by atoms with Crippen molar-refractivity contribution in [2.24, 2.45) is 17.8 Å². The van der Waals surface area contributed by atoms with Gasteiger partial charge in [0, 0.05) is 5.92 Å². The lowest BCUT2D eigenvalue weighted by molar-refractivity contribution is -0.170. The Kier molecular flexibility index (Phi) is 2.01. The summed E-state index contributed by atoms with van der Waals surface area (Å²) >= 11 is 0. The molecule has 3 aliphatic rings. The molecule has 1 heterocycles. The molecule has 3 heteroatoms. The summed E-state index contributed by atoms with van der Waals surface area (Å²) in [6.45, 7) is 1.54. The monoisotopic (exact) mass is 195 g/mol. The van der Waals surface area contributed by atoms with Crippen LogP contribution in [0.15, 0.2) is 0 Å². The lowest BCUT2D eigenvalue weighted by atomic mass is 10.0. The lowest BCUT2D eigenvalue weighted by Crippen LogP contribution is -2.28. The van der Waals surface area contributed by atoms with Crippen molar-refractivity contribution in [1.29, 1.82) is 0 Å². The summed E-state index contributed by atoms with van der Waals surface area (Å²) in [4.78, 5) is 17.3. The Bertz CT molecular complexity index is 236. The van der Waals surface area contributed by atoms with E-state index in [0.29, 0.717) is 17.8 Å². The fourth-order valence-corrected chi connectivity index (χ4v) is 3.15. The zero-order chi connectivity index (χ0) is 9.54. The molecule has 3 fully saturated rings. The van der Waals surface area contributed by atoms with E-state index in [4.69, 9.17) is 4.84 Å². The molecule has 1 saturated heterocycles. The van der Waals surface area contributed by atoms with E-state index in [1.807, 2.05) is 0 Å². The molecule has 0 spiro atoms. The maximum Gasteiger partial charge on any atom is 0.249 e. The molecule has 3 nitrogen and oxygen atoms in total. The second-order valence-corrected chi connectivity index (χ2v) is 4.77. The molecule has 0 N–H and O–H groups in total. The van der Waals surface area contributed by atoms with Gasteiger partial charge < -0.3 is 0 Å². The topological polar surface area (TPSA) is 29.5 Å². The van der Waals surface area contributed by atoms with Crippen molar-refractivity contribution in [3.05, 3.63) is 0 Å². The molecule has 2 aliphatic carbocycles. The quantitative estimate of drug-likeness (QED) is 0.636. The summed E-state index contributed by atoms with van der Waals surface area (Å²) in [6.07, 6.45) is 6.20. The van der Waals surface area contributed by atoms with Gasteiger partial charge in [0.1, 0.15) is 0 Å². The van der Waals surface area contributed by atoms with E-state index in [9.17, 15) is 4.79 Å². The Morgan fingerprint density at radius 3 is 2.43 bits per heavy atom. The number of carbonyl (C=O) groups is 1. The van der Waals surface area contributed by atoms with E-state index in [-0.39, 0.29) is 5.91 Å². The van der Waals surface area contributed by atoms with E-state index >= 15 is 0 Å². The fourth-order valence-electron chi connectivity index (χ4n) is 3.15. The van der Waals surface area contributed by atoms with E-state index in [0.717, 1.165) is 19.6 Å². The molecule has 0 bridgehead atoms. The van der Waals surface area contributed by atoms with Gasteiger partial charge in [0.25, 0.3) is 0 Å². The van der Waals surface area contributed by atoms with Crippen molar-refractivity contribution in [2.45, 2.75) is 32.1 Å². The Hall–Kier alpha value is -0.570. The molecule has 3 rings (SSSR count). The molecule has 1 aliphatic heterocycles. The largest absolute Gasteiger partial charge is 0.272 e. The van der Waals surface area contributed by atoms with Crippen LogP contribution in [0, 0.1) is 17.8 Å². The van der Waals surface area contributed by atoms with Gasteiger partial charge in [-0.1, -0.05) is 12.8 Å². The minimum Gasteiger partial charge on any atom is -0.272 e. The number of carbonyl (C=O) groups excluding carboxylic acids is 1. The number of hydrogen-bond donors (Lipinski definition) is 0. The zero-order valence-corrected chi connectivity index (χ0v) is 8.45. The van der Waals surface area contributed by atoms with Crippen molar-refractivity contribution in [3.63, 3.8) is 0 Å². The van der Waals surface area contributed by atoms with Crippen LogP contribution in [-0.4, -0.2) is 24.1 Å². The van der Waals surface area contributed by atoms with Gasteiger partial charge in [0.2, 0.25) is 5.91 Å². The van der Waals surface area contributed by atoms with Crippen molar-refractivity contribution in [2.75, 3.05) is 13.2 Å². The van der Waals surface area contributed by atoms with Crippen LogP contribution >= 0.6 is 0 Å². The molecule has 1 amide bonds. The Labute approximate surface area is 84.4 Å². The third-order valence-electron chi connectivity index (χ3n) is 3.94. The summed E-state index contributed by atoms with van der Waals surface area (Å²) < 4.78 is 0. The molecular formula is C11H17NO2. The van der Waals surface area contributed by atoms with E-state index in [2.05, 4.69) is 0 Å². The van der Waals surface area contributed by atoms with Crippen LogP contribution in [-0.2, 0) is 9.63 Å². The fraction of sp³-hybridized carbons (Fsp3) is 0.909. The first-order valence-corrected chi connectivity index (χ1v) is 5.82. The van der Waals surface area contributed by atoms with Crippen LogP contribution in [0.1, 0.15) is 32.1 Å². The summed E-state index contributed by atoms with van der Waals surface area (Å²) in [5, 5.41) is 1.61. The average molecular weight is 195 g/mol. The first-order valence-electron chi connectivity index (χ1n) is 5.82. The van der Waals surface area contributed by atoms with Crippen molar-refractivity contribution >= 4 is 5.91 Å². The summed E-state index contributed by atoms with van der Waals surface area (Å²) in [7, 11) is 0. The Balaban J connectivity index is 1.63. The SMILES string of the molecule is O=C(C1C2CCCCC21)N1CCCO1. The number of rotatable bonds is 1. The molecule has 2 unspecified atom stereocenters. The van der Waals surface area contributed by atoms with E-state index in [1.165, 1.54) is 25.7 Å². The smallest absolute Gasteiger partial charge is 0.249 e. The van der Waals surface area contributed by atoms with Crippen LogP contribution in [0.5, 0.6) is 0 Å². The van der Waals surface area contributed by atoms with Gasteiger partial charge in [-0.25, -0.2) is 5.06 Å². The number of nitrogens with zero attached hydrogens (tertiary/aromatic N) is 1. The van der Waals surface area contributed by atoms with Crippen LogP contribution < -0.4 is 0 Å². The van der Waals surface area contributed by atoms with Crippen molar-refractivity contribution in [3.8, 4) is 0 Å². The predicted octanol–water partition coefficient (Wildman–Crippen LogP) is 1.59. The highest BCUT2D eigenvalue weighted by Gasteiger charge is 2.56. The van der Waals surface area contributed by atoms with Crippen LogP contribution in [0.3, 0.4) is 0 Å². The van der Waals surface area contributed by atoms with Gasteiger partial charge in [-0.15, -0.1) is 0 Å². The van der Waals surface area contributed by atoms with Gasteiger partial charge >= 0.3 is 0 Å². The number of hydrogen-bond acceptors (Lipinski definition) is 2. The lowest BCUT2D eigenvalue weighted by Gasteiger charge is -2.13. The van der Waals surface area contributed by atoms with E-state index in [1.54, 1.807) is 5.06 Å². The van der Waals surface area contributed by atoms with Gasteiger partial charge in [0.05, 0.1) is 13.2 Å². The highest BCUT2D eigenvalue weighted by molar-refractivity contribution is 5.81. The van der Waals surface area contributed by atoms with Gasteiger partial charge in [-0.05, 0) is 31.1 Å². The molecule has 0 radical (unpaired) electrons. The summed E-state index contributed by atoms with van der Waals surface area (Å²) in [6, 6.07) is 0. The molecule has 0 aromatic heterocycles. The Morgan fingerprint density at radius 2 is 1.86 bits per heavy atom. The molecular weight excluding hydrogens is 178 g/mol. The van der Waals surface area contributed by atoms with Gasteiger partial charge in [-0.3, -0.25) is 9.63 Å². The van der Waals surface area contributed by atoms with Gasteiger partial charge in [0.15, 0.2) is 0 Å². The van der Waals surface area contributed by atoms with Crippen LogP contribution in [0.2, 0.25) is 0 Å². The highest BCUT2D eigenvalue weighted by atomic mass is 16.7. The standard InChI is InChI=1S/C11H17NO2/c13-11(12-6-3-7-14-12)10-8-4-1-2-5-9(8)10/h8-10H,1-7H2. The second kappa shape index (κ2) is 3.23. The maximum atomic E-state index is 12.0. The highest BCUT2D eigenvalue weighted by Crippen LogP contribution is 2.56. The first kappa shape index (κ1) is 8.72. The molecule has 2 atom stereocenters. The summed E-state index contributed by atoms with van der Waals surface area (Å²) in [5.41, 5.74) is 0. The number of hydroxylamine groups is 2. The Morgan fingerprint density at radius 1 is 1.14 bits per heavy atom. The predicted molar refractivity (Wildman–Crippen MR) is 51.2 cm³/mol. The molecule has 2 saturated carbocycles. The third kappa shape index (κ3) is 1.26. The van der Waals surface area contributed by atoms with Crippen LogP contribution in [0.4, 0.5) is 0 Å². The number of fused-ring (bicyclic) bond motifs is 1. The normalized spacial score (nSPS) is 40.9. The minimum atomic E-state index is 0.277. The molecule has 78 valence electrons.